The minimum atomic E-state index is 0.267. The average Bonchev–Trinajstić information content (AvgIpc) is 2.64. The second-order valence-electron chi connectivity index (χ2n) is 10.5. The minimum Gasteiger partial charge on any atom is -0.355 e. The van der Waals surface area contributed by atoms with Crippen molar-refractivity contribution in [3.63, 3.8) is 0 Å². The average molecular weight is 390 g/mol. The van der Waals surface area contributed by atoms with Crippen LogP contribution in [0.5, 0.6) is 0 Å². The summed E-state index contributed by atoms with van der Waals surface area (Å²) in [4.78, 5) is 29.1. The van der Waals surface area contributed by atoms with Gasteiger partial charge in [-0.3, -0.25) is 14.5 Å². The van der Waals surface area contributed by atoms with Gasteiger partial charge in [0.15, 0.2) is 0 Å². The first-order chi connectivity index (χ1) is 13.5. The summed E-state index contributed by atoms with van der Waals surface area (Å²) in [5, 5.41) is 3.19. The molecule has 5 nitrogen and oxygen atoms in total. The molecule has 0 aromatic carbocycles. The third-order valence-corrected chi connectivity index (χ3v) is 7.90. The van der Waals surface area contributed by atoms with Gasteiger partial charge in [-0.2, -0.15) is 0 Å². The quantitative estimate of drug-likeness (QED) is 0.728. The third-order valence-electron chi connectivity index (χ3n) is 7.90. The van der Waals surface area contributed by atoms with Crippen LogP contribution >= 0.6 is 0 Å². The molecular weight excluding hydrogens is 350 g/mol. The molecule has 0 unspecified atom stereocenters. The number of nitrogens with zero attached hydrogens (tertiary/aromatic N) is 2. The molecule has 1 aliphatic heterocycles. The van der Waals surface area contributed by atoms with Gasteiger partial charge < -0.3 is 10.2 Å². The Bertz CT molecular complexity index is 540. The van der Waals surface area contributed by atoms with Gasteiger partial charge >= 0.3 is 0 Å². The highest BCUT2D eigenvalue weighted by Crippen LogP contribution is 2.57. The van der Waals surface area contributed by atoms with Crippen LogP contribution in [0.25, 0.3) is 0 Å². The fourth-order valence-electron chi connectivity index (χ4n) is 6.71. The summed E-state index contributed by atoms with van der Waals surface area (Å²) >= 11 is 0. The summed E-state index contributed by atoms with van der Waals surface area (Å²) < 4.78 is 0. The monoisotopic (exact) mass is 389 g/mol. The highest BCUT2D eigenvalue weighted by molar-refractivity contribution is 5.76. The van der Waals surface area contributed by atoms with E-state index in [0.29, 0.717) is 24.2 Å². The van der Waals surface area contributed by atoms with E-state index < -0.39 is 0 Å². The van der Waals surface area contributed by atoms with Crippen LogP contribution in [-0.2, 0) is 9.59 Å². The molecular formula is C23H39N3O2. The Hall–Kier alpha value is -1.10. The Morgan fingerprint density at radius 2 is 1.54 bits per heavy atom. The van der Waals surface area contributed by atoms with Crippen molar-refractivity contribution in [2.24, 2.45) is 35.5 Å². The highest BCUT2D eigenvalue weighted by Gasteiger charge is 2.48. The minimum absolute atomic E-state index is 0.267. The molecule has 0 spiro atoms. The van der Waals surface area contributed by atoms with Crippen molar-refractivity contribution in [3.8, 4) is 0 Å². The molecule has 4 bridgehead atoms. The Morgan fingerprint density at radius 1 is 0.929 bits per heavy atom. The Morgan fingerprint density at radius 3 is 2.11 bits per heavy atom. The molecule has 158 valence electrons. The van der Waals surface area contributed by atoms with Crippen molar-refractivity contribution in [3.05, 3.63) is 0 Å². The van der Waals surface area contributed by atoms with Crippen LogP contribution in [0.3, 0.4) is 0 Å². The first kappa shape index (κ1) is 20.2. The van der Waals surface area contributed by atoms with Crippen LogP contribution in [0, 0.1) is 35.5 Å². The van der Waals surface area contributed by atoms with Crippen molar-refractivity contribution < 1.29 is 9.59 Å². The summed E-state index contributed by atoms with van der Waals surface area (Å²) in [6, 6.07) is 0. The van der Waals surface area contributed by atoms with E-state index in [1.807, 2.05) is 4.90 Å². The molecule has 1 N–H and O–H groups in total. The Balaban J connectivity index is 1.13. The smallest absolute Gasteiger partial charge is 0.222 e. The summed E-state index contributed by atoms with van der Waals surface area (Å²) in [7, 11) is 0. The van der Waals surface area contributed by atoms with Gasteiger partial charge in [0.1, 0.15) is 0 Å². The van der Waals surface area contributed by atoms with Crippen molar-refractivity contribution in [2.75, 3.05) is 39.3 Å². The van der Waals surface area contributed by atoms with Gasteiger partial charge in [0.2, 0.25) is 11.8 Å². The van der Waals surface area contributed by atoms with Crippen LogP contribution in [0.15, 0.2) is 0 Å². The van der Waals surface area contributed by atoms with E-state index >= 15 is 0 Å². The van der Waals surface area contributed by atoms with Crippen molar-refractivity contribution >= 4 is 11.8 Å². The normalized spacial score (nSPS) is 34.8. The number of hydrogen-bond acceptors (Lipinski definition) is 3. The molecule has 4 saturated carbocycles. The molecule has 4 aliphatic carbocycles. The second-order valence-corrected chi connectivity index (χ2v) is 10.5. The van der Waals surface area contributed by atoms with Crippen LogP contribution < -0.4 is 5.32 Å². The lowest BCUT2D eigenvalue weighted by Gasteiger charge is -2.54. The molecule has 5 fully saturated rings. The van der Waals surface area contributed by atoms with Gasteiger partial charge in [-0.25, -0.2) is 0 Å². The Labute approximate surface area is 170 Å². The lowest BCUT2D eigenvalue weighted by Crippen LogP contribution is -2.50. The van der Waals surface area contributed by atoms with Gasteiger partial charge in [-0.15, -0.1) is 0 Å². The maximum Gasteiger partial charge on any atom is 0.222 e. The number of piperazine rings is 1. The fraction of sp³-hybridized carbons (Fsp3) is 0.913. The van der Waals surface area contributed by atoms with E-state index in [9.17, 15) is 9.59 Å². The number of rotatable bonds is 7. The molecule has 5 heteroatoms. The molecule has 2 amide bonds. The maximum atomic E-state index is 12.5. The molecule has 0 aromatic rings. The zero-order valence-corrected chi connectivity index (χ0v) is 17.9. The van der Waals surface area contributed by atoms with Gasteiger partial charge in [0, 0.05) is 52.1 Å². The van der Waals surface area contributed by atoms with Crippen molar-refractivity contribution in [2.45, 2.75) is 58.8 Å². The number of nitrogens with one attached hydrogen (secondary N) is 1. The Kier molecular flexibility index (Phi) is 6.29. The van der Waals surface area contributed by atoms with Crippen LogP contribution in [0.4, 0.5) is 0 Å². The van der Waals surface area contributed by atoms with Gasteiger partial charge in [-0.05, 0) is 67.6 Å². The van der Waals surface area contributed by atoms with E-state index in [4.69, 9.17) is 0 Å². The predicted octanol–water partition coefficient (Wildman–Crippen LogP) is 2.76. The van der Waals surface area contributed by atoms with Crippen LogP contribution in [-0.4, -0.2) is 60.9 Å². The summed E-state index contributed by atoms with van der Waals surface area (Å²) in [6.45, 7) is 9.34. The third kappa shape index (κ3) is 4.72. The number of carbonyl (C=O) groups is 2. The number of amides is 2. The standard InChI is InChI=1S/C23H39N3O2/c1-16(2)9-23(28)26-7-5-25(6-8-26)4-3-24-22(27)15-21-19-11-17-10-18(13-19)14-20(21)12-17/h16-21H,3-15H2,1-2H3,(H,24,27). The molecule has 28 heavy (non-hydrogen) atoms. The van der Waals surface area contributed by atoms with Gasteiger partial charge in [-0.1, -0.05) is 13.8 Å². The lowest BCUT2D eigenvalue weighted by molar-refractivity contribution is -0.133. The van der Waals surface area contributed by atoms with Gasteiger partial charge in [0.05, 0.1) is 0 Å². The first-order valence-electron chi connectivity index (χ1n) is 11.7. The summed E-state index contributed by atoms with van der Waals surface area (Å²) in [6.07, 6.45) is 8.46. The van der Waals surface area contributed by atoms with Crippen molar-refractivity contribution in [1.82, 2.24) is 15.1 Å². The number of hydrogen-bond donors (Lipinski definition) is 1. The topological polar surface area (TPSA) is 52.7 Å². The van der Waals surface area contributed by atoms with E-state index in [-0.39, 0.29) is 5.91 Å². The molecule has 0 atom stereocenters. The predicted molar refractivity (Wildman–Crippen MR) is 111 cm³/mol. The zero-order valence-electron chi connectivity index (χ0n) is 17.9. The SMILES string of the molecule is CC(C)CC(=O)N1CCN(CCNC(=O)CC2C3CC4CC(C3)CC2C4)CC1. The molecule has 0 aromatic heterocycles. The fourth-order valence-corrected chi connectivity index (χ4v) is 6.71. The highest BCUT2D eigenvalue weighted by atomic mass is 16.2. The molecule has 5 rings (SSSR count). The van der Waals surface area contributed by atoms with E-state index in [2.05, 4.69) is 24.1 Å². The van der Waals surface area contributed by atoms with E-state index in [1.54, 1.807) is 0 Å². The lowest BCUT2D eigenvalue weighted by atomic mass is 9.51. The van der Waals surface area contributed by atoms with Crippen LogP contribution in [0.2, 0.25) is 0 Å². The molecule has 5 aliphatic rings. The number of carbonyl (C=O) groups excluding carboxylic acids is 2. The second kappa shape index (κ2) is 8.73. The van der Waals surface area contributed by atoms with E-state index in [1.165, 1.54) is 32.1 Å². The molecule has 1 heterocycles. The molecule has 0 radical (unpaired) electrons. The molecule has 1 saturated heterocycles. The summed E-state index contributed by atoms with van der Waals surface area (Å²) in [5.41, 5.74) is 0. The zero-order chi connectivity index (χ0) is 19.7. The van der Waals surface area contributed by atoms with Crippen LogP contribution in [0.1, 0.15) is 58.8 Å². The first-order valence-corrected chi connectivity index (χ1v) is 11.7. The van der Waals surface area contributed by atoms with Gasteiger partial charge in [0.25, 0.3) is 0 Å². The summed E-state index contributed by atoms with van der Waals surface area (Å²) in [5.74, 6) is 5.26. The van der Waals surface area contributed by atoms with E-state index in [0.717, 1.165) is 69.4 Å². The van der Waals surface area contributed by atoms with Crippen molar-refractivity contribution in [1.29, 1.82) is 0 Å². The largest absolute Gasteiger partial charge is 0.355 e. The maximum absolute atomic E-state index is 12.5.